The Morgan fingerprint density at radius 2 is 2.12 bits per heavy atom. The van der Waals surface area contributed by atoms with Crippen LogP contribution in [0.5, 0.6) is 0 Å². The molecule has 2 saturated heterocycles. The van der Waals surface area contributed by atoms with Gasteiger partial charge in [0.25, 0.3) is 0 Å². The highest BCUT2D eigenvalue weighted by Crippen LogP contribution is 2.66. The van der Waals surface area contributed by atoms with Crippen molar-refractivity contribution in [2.24, 2.45) is 23.7 Å². The van der Waals surface area contributed by atoms with Gasteiger partial charge in [0, 0.05) is 41.7 Å². The lowest BCUT2D eigenvalue weighted by molar-refractivity contribution is -0.291. The Balaban J connectivity index is 1.77. The first-order chi connectivity index (χ1) is 12.1. The Morgan fingerprint density at radius 1 is 1.38 bits per heavy atom. The van der Waals surface area contributed by atoms with E-state index in [0.29, 0.717) is 17.6 Å². The van der Waals surface area contributed by atoms with E-state index in [2.05, 4.69) is 6.58 Å². The third-order valence-corrected chi connectivity index (χ3v) is 7.24. The van der Waals surface area contributed by atoms with Gasteiger partial charge in [-0.15, -0.1) is 0 Å². The van der Waals surface area contributed by atoms with Crippen molar-refractivity contribution >= 4 is 5.97 Å². The average molecular weight is 360 g/mol. The van der Waals surface area contributed by atoms with Crippen LogP contribution in [0.1, 0.15) is 26.7 Å². The molecule has 0 radical (unpaired) electrons. The van der Waals surface area contributed by atoms with Crippen LogP contribution in [-0.2, 0) is 14.3 Å². The normalized spacial score (nSPS) is 53.6. The molecule has 0 aromatic carbocycles. The first kappa shape index (κ1) is 16.7. The third-order valence-electron chi connectivity index (χ3n) is 7.24. The van der Waals surface area contributed by atoms with Gasteiger partial charge in [-0.3, -0.25) is 0 Å². The van der Waals surface area contributed by atoms with Gasteiger partial charge in [0.2, 0.25) is 0 Å². The third kappa shape index (κ3) is 1.74. The summed E-state index contributed by atoms with van der Waals surface area (Å²) in [6, 6.07) is 0. The smallest absolute Gasteiger partial charge is 0.334 e. The van der Waals surface area contributed by atoms with Gasteiger partial charge in [0.05, 0.1) is 12.2 Å². The highest BCUT2D eigenvalue weighted by atomic mass is 16.6. The number of ether oxygens (including phenoxy) is 2. The van der Waals surface area contributed by atoms with Crippen molar-refractivity contribution in [2.45, 2.75) is 49.8 Å². The number of carbonyl (C=O) groups is 1. The molecule has 3 aliphatic heterocycles. The molecule has 5 rings (SSSR count). The Kier molecular flexibility index (Phi) is 3.00. The van der Waals surface area contributed by atoms with Crippen LogP contribution in [0.25, 0.3) is 0 Å². The summed E-state index contributed by atoms with van der Waals surface area (Å²) in [6.45, 7) is 7.42. The second-order valence-corrected chi connectivity index (χ2v) is 8.88. The largest absolute Gasteiger partial charge is 0.458 e. The number of aliphatic hydroxyl groups excluding tert-OH is 1. The quantitative estimate of drug-likeness (QED) is 0.499. The van der Waals surface area contributed by atoms with Gasteiger partial charge in [-0.05, 0) is 25.8 Å². The summed E-state index contributed by atoms with van der Waals surface area (Å²) in [5.74, 6) is -2.98. The number of hydrogen-bond acceptors (Lipinski definition) is 6. The maximum atomic E-state index is 12.4. The molecular formula is C20H24O6. The van der Waals surface area contributed by atoms with Crippen LogP contribution in [0.2, 0.25) is 0 Å². The molecule has 140 valence electrons. The molecule has 2 aliphatic carbocycles. The molecule has 26 heavy (non-hydrogen) atoms. The van der Waals surface area contributed by atoms with E-state index in [9.17, 15) is 20.1 Å². The number of hydrogen-bond donors (Lipinski definition) is 3. The molecule has 2 bridgehead atoms. The molecule has 1 saturated carbocycles. The van der Waals surface area contributed by atoms with Gasteiger partial charge < -0.3 is 24.8 Å². The fourth-order valence-corrected chi connectivity index (χ4v) is 6.34. The van der Waals surface area contributed by atoms with Gasteiger partial charge in [0.15, 0.2) is 5.79 Å². The lowest BCUT2D eigenvalue weighted by atomic mass is 9.57. The summed E-state index contributed by atoms with van der Waals surface area (Å²) in [5.41, 5.74) is -0.195. The zero-order valence-corrected chi connectivity index (χ0v) is 14.9. The molecule has 1 spiro atoms. The first-order valence-corrected chi connectivity index (χ1v) is 9.19. The summed E-state index contributed by atoms with van der Waals surface area (Å²) in [7, 11) is 0. The predicted octanol–water partition coefficient (Wildman–Crippen LogP) is 0.827. The predicted molar refractivity (Wildman–Crippen MR) is 90.5 cm³/mol. The topological polar surface area (TPSA) is 96.2 Å². The van der Waals surface area contributed by atoms with Crippen LogP contribution in [-0.4, -0.2) is 51.0 Å². The second kappa shape index (κ2) is 4.68. The summed E-state index contributed by atoms with van der Waals surface area (Å²) in [6.07, 6.45) is 3.95. The van der Waals surface area contributed by atoms with E-state index in [1.165, 1.54) is 0 Å². The van der Waals surface area contributed by atoms with Crippen molar-refractivity contribution < 1.29 is 29.6 Å². The average Bonchev–Trinajstić information content (AvgIpc) is 3.06. The number of rotatable bonds is 2. The fraction of sp³-hybridized carbons (Fsp3) is 0.650. The summed E-state index contributed by atoms with van der Waals surface area (Å²) < 4.78 is 11.8. The first-order valence-electron chi connectivity index (χ1n) is 9.19. The van der Waals surface area contributed by atoms with Crippen LogP contribution < -0.4 is 0 Å². The van der Waals surface area contributed by atoms with E-state index in [4.69, 9.17) is 9.47 Å². The Hall–Kier alpha value is -1.47. The number of fused-ring (bicyclic) bond motifs is 1. The number of allylic oxidation sites excluding steroid dienone is 1. The van der Waals surface area contributed by atoms with E-state index >= 15 is 0 Å². The standard InChI is InChI=1S/C20H24O6/c1-9(2)12-6-20(24)10(8-21)5-19(26-20)13(12)4-11-15-14(25-17(11)22)7-18(3,23)16(15)19/h4-5,12-16,21,23-24H,1,6-8H2,2-3H3/t12-,13-,14+,15+,16+,18+,19-,20-/m0/s1. The zero-order chi connectivity index (χ0) is 18.6. The van der Waals surface area contributed by atoms with E-state index in [1.807, 2.05) is 13.0 Å². The summed E-state index contributed by atoms with van der Waals surface area (Å²) >= 11 is 0. The van der Waals surface area contributed by atoms with Gasteiger partial charge >= 0.3 is 5.97 Å². The fourth-order valence-electron chi connectivity index (χ4n) is 6.34. The molecule has 6 nitrogen and oxygen atoms in total. The van der Waals surface area contributed by atoms with Crippen molar-refractivity contribution in [3.05, 3.63) is 35.5 Å². The molecule has 0 aromatic heterocycles. The lowest BCUT2D eigenvalue weighted by Gasteiger charge is -2.55. The minimum Gasteiger partial charge on any atom is -0.458 e. The van der Waals surface area contributed by atoms with E-state index in [0.717, 1.165) is 5.57 Å². The van der Waals surface area contributed by atoms with Crippen molar-refractivity contribution in [1.82, 2.24) is 0 Å². The molecule has 6 heteroatoms. The summed E-state index contributed by atoms with van der Waals surface area (Å²) in [4.78, 5) is 12.4. The zero-order valence-electron chi connectivity index (χ0n) is 14.9. The number of carbonyl (C=O) groups excluding carboxylic acids is 1. The Morgan fingerprint density at radius 3 is 2.77 bits per heavy atom. The maximum Gasteiger partial charge on any atom is 0.334 e. The summed E-state index contributed by atoms with van der Waals surface area (Å²) in [5, 5.41) is 32.2. The molecule has 3 N–H and O–H groups in total. The van der Waals surface area contributed by atoms with Gasteiger partial charge in [0.1, 0.15) is 11.7 Å². The molecule has 5 aliphatic rings. The Bertz CT molecular complexity index is 794. The van der Waals surface area contributed by atoms with Crippen molar-refractivity contribution in [3.8, 4) is 0 Å². The number of esters is 1. The molecule has 3 fully saturated rings. The highest BCUT2D eigenvalue weighted by Gasteiger charge is 2.73. The van der Waals surface area contributed by atoms with E-state index < -0.39 is 22.9 Å². The molecule has 0 amide bonds. The van der Waals surface area contributed by atoms with Crippen LogP contribution in [0.3, 0.4) is 0 Å². The second-order valence-electron chi connectivity index (χ2n) is 8.88. The maximum absolute atomic E-state index is 12.4. The molecule has 8 atom stereocenters. The SMILES string of the molecule is C=C(C)[C@@H]1C[C@]2(O)O[C@@]3(C=C2CO)[C@H]1C=C1C(=O)O[C@@H]2C[C@@](C)(O)[C@H]3[C@H]12. The van der Waals surface area contributed by atoms with Crippen molar-refractivity contribution in [3.63, 3.8) is 0 Å². The van der Waals surface area contributed by atoms with E-state index in [1.54, 1.807) is 13.0 Å². The lowest BCUT2D eigenvalue weighted by Crippen LogP contribution is -2.62. The monoisotopic (exact) mass is 360 g/mol. The molecule has 0 aromatic rings. The Labute approximate surface area is 151 Å². The van der Waals surface area contributed by atoms with Crippen molar-refractivity contribution in [1.29, 1.82) is 0 Å². The minimum absolute atomic E-state index is 0.134. The van der Waals surface area contributed by atoms with E-state index in [-0.39, 0.29) is 42.9 Å². The van der Waals surface area contributed by atoms with Crippen LogP contribution in [0.4, 0.5) is 0 Å². The van der Waals surface area contributed by atoms with Crippen molar-refractivity contribution in [2.75, 3.05) is 6.61 Å². The van der Waals surface area contributed by atoms with Gasteiger partial charge in [-0.1, -0.05) is 18.2 Å². The minimum atomic E-state index is -1.57. The van der Waals surface area contributed by atoms with Crippen LogP contribution >= 0.6 is 0 Å². The van der Waals surface area contributed by atoms with Gasteiger partial charge in [-0.2, -0.15) is 0 Å². The van der Waals surface area contributed by atoms with Gasteiger partial charge in [-0.25, -0.2) is 4.79 Å². The molecular weight excluding hydrogens is 336 g/mol. The van der Waals surface area contributed by atoms with Crippen LogP contribution in [0.15, 0.2) is 35.5 Å². The molecule has 3 heterocycles. The highest BCUT2D eigenvalue weighted by molar-refractivity contribution is 5.92. The number of aliphatic hydroxyl groups is 3. The molecule has 0 unspecified atom stereocenters. The van der Waals surface area contributed by atoms with Crippen LogP contribution in [0, 0.1) is 23.7 Å².